The molecule has 2 rings (SSSR count). The van der Waals surface area contributed by atoms with Crippen LogP contribution < -0.4 is 5.32 Å². The van der Waals surface area contributed by atoms with Crippen LogP contribution in [0.15, 0.2) is 12.3 Å². The highest BCUT2D eigenvalue weighted by Crippen LogP contribution is 2.09. The lowest BCUT2D eigenvalue weighted by Gasteiger charge is -2.33. The first-order valence-electron chi connectivity index (χ1n) is 5.20. The molecule has 90 valence electrons. The molecule has 1 amide bonds. The molecule has 1 aromatic heterocycles. The Morgan fingerprint density at radius 1 is 1.62 bits per heavy atom. The van der Waals surface area contributed by atoms with Gasteiger partial charge in [0, 0.05) is 38.9 Å². The van der Waals surface area contributed by atoms with Crippen molar-refractivity contribution in [3.8, 4) is 0 Å². The topological polar surface area (TPSA) is 50.2 Å². The van der Waals surface area contributed by atoms with Crippen molar-refractivity contribution in [3.63, 3.8) is 0 Å². The molecule has 5 nitrogen and oxygen atoms in total. The van der Waals surface area contributed by atoms with E-state index in [4.69, 9.17) is 0 Å². The molecular weight excluding hydrogens is 228 g/mol. The van der Waals surface area contributed by atoms with E-state index >= 15 is 0 Å². The van der Waals surface area contributed by atoms with Crippen LogP contribution in [0.5, 0.6) is 0 Å². The number of nitrogens with one attached hydrogen (secondary N) is 1. The normalized spacial score (nSPS) is 20.4. The van der Waals surface area contributed by atoms with E-state index < -0.39 is 0 Å². The second-order valence-electron chi connectivity index (χ2n) is 3.89. The molecule has 0 aliphatic carbocycles. The summed E-state index contributed by atoms with van der Waals surface area (Å²) in [6, 6.07) is 2.01. The van der Waals surface area contributed by atoms with Crippen LogP contribution in [0.3, 0.4) is 0 Å². The lowest BCUT2D eigenvalue weighted by Crippen LogP contribution is -2.52. The van der Waals surface area contributed by atoms with Crippen molar-refractivity contribution < 1.29 is 4.79 Å². The number of aryl methyl sites for hydroxylation is 1. The van der Waals surface area contributed by atoms with Crippen LogP contribution in [-0.4, -0.2) is 46.3 Å². The Morgan fingerprint density at radius 2 is 2.38 bits per heavy atom. The number of amides is 1. The summed E-state index contributed by atoms with van der Waals surface area (Å²) in [5.41, 5.74) is 0.656. The van der Waals surface area contributed by atoms with E-state index in [0.717, 1.165) is 19.6 Å². The highest BCUT2D eigenvalue weighted by atomic mass is 35.5. The van der Waals surface area contributed by atoms with E-state index in [1.165, 1.54) is 0 Å². The van der Waals surface area contributed by atoms with Gasteiger partial charge in [-0.3, -0.25) is 9.48 Å². The third kappa shape index (κ3) is 2.36. The Kier molecular flexibility index (Phi) is 4.32. The number of halogens is 1. The summed E-state index contributed by atoms with van der Waals surface area (Å²) < 4.78 is 1.62. The fourth-order valence-corrected chi connectivity index (χ4v) is 1.87. The summed E-state index contributed by atoms with van der Waals surface area (Å²) in [5.74, 6) is 0.0731. The van der Waals surface area contributed by atoms with Crippen LogP contribution in [0.1, 0.15) is 17.4 Å². The highest BCUT2D eigenvalue weighted by molar-refractivity contribution is 5.92. The van der Waals surface area contributed by atoms with E-state index in [0.29, 0.717) is 5.69 Å². The van der Waals surface area contributed by atoms with Crippen LogP contribution in [0, 0.1) is 0 Å². The number of hydrogen-bond donors (Lipinski definition) is 1. The summed E-state index contributed by atoms with van der Waals surface area (Å²) in [4.78, 5) is 14.0. The second kappa shape index (κ2) is 5.32. The summed E-state index contributed by atoms with van der Waals surface area (Å²) in [7, 11) is 1.79. The summed E-state index contributed by atoms with van der Waals surface area (Å²) >= 11 is 0. The minimum Gasteiger partial charge on any atom is -0.332 e. The average molecular weight is 245 g/mol. The van der Waals surface area contributed by atoms with E-state index in [9.17, 15) is 4.79 Å². The van der Waals surface area contributed by atoms with E-state index in [-0.39, 0.29) is 24.4 Å². The molecule has 1 aliphatic rings. The lowest BCUT2D eigenvalue weighted by atomic mass is 10.2. The van der Waals surface area contributed by atoms with E-state index in [2.05, 4.69) is 17.3 Å². The molecule has 1 aliphatic heterocycles. The monoisotopic (exact) mass is 244 g/mol. The molecule has 0 spiro atoms. The van der Waals surface area contributed by atoms with Gasteiger partial charge in [-0.1, -0.05) is 0 Å². The minimum atomic E-state index is 0. The Labute approximate surface area is 101 Å². The molecule has 1 saturated heterocycles. The Morgan fingerprint density at radius 3 is 2.94 bits per heavy atom. The van der Waals surface area contributed by atoms with Crippen LogP contribution in [0.25, 0.3) is 0 Å². The number of rotatable bonds is 1. The smallest absolute Gasteiger partial charge is 0.272 e. The maximum absolute atomic E-state index is 12.1. The third-order valence-corrected chi connectivity index (χ3v) is 2.80. The average Bonchev–Trinajstić information content (AvgIpc) is 2.64. The highest BCUT2D eigenvalue weighted by Gasteiger charge is 2.25. The maximum atomic E-state index is 12.1. The molecule has 1 N–H and O–H groups in total. The number of carbonyl (C=O) groups excluding carboxylic acids is 1. The van der Waals surface area contributed by atoms with Gasteiger partial charge in [0.25, 0.3) is 5.91 Å². The van der Waals surface area contributed by atoms with Gasteiger partial charge < -0.3 is 10.2 Å². The first-order valence-corrected chi connectivity index (χ1v) is 5.20. The quantitative estimate of drug-likeness (QED) is 0.772. The fraction of sp³-hybridized carbons (Fsp3) is 0.600. The zero-order valence-corrected chi connectivity index (χ0v) is 10.3. The molecule has 1 aromatic rings. The van der Waals surface area contributed by atoms with Crippen LogP contribution in [0.2, 0.25) is 0 Å². The van der Waals surface area contributed by atoms with Gasteiger partial charge in [-0.15, -0.1) is 12.4 Å². The van der Waals surface area contributed by atoms with Crippen molar-refractivity contribution in [1.29, 1.82) is 0 Å². The number of carbonyl (C=O) groups is 1. The van der Waals surface area contributed by atoms with Crippen molar-refractivity contribution in [2.24, 2.45) is 7.05 Å². The largest absolute Gasteiger partial charge is 0.332 e. The predicted molar refractivity (Wildman–Crippen MR) is 63.8 cm³/mol. The summed E-state index contributed by atoms with van der Waals surface area (Å²) in [5, 5.41) is 7.27. The van der Waals surface area contributed by atoms with Gasteiger partial charge in [0.2, 0.25) is 0 Å². The molecule has 1 unspecified atom stereocenters. The Hall–Kier alpha value is -1.07. The van der Waals surface area contributed by atoms with Crippen LogP contribution >= 0.6 is 12.4 Å². The molecule has 1 atom stereocenters. The van der Waals surface area contributed by atoms with Crippen LogP contribution in [-0.2, 0) is 7.05 Å². The lowest BCUT2D eigenvalue weighted by molar-refractivity contribution is 0.0644. The molecule has 0 radical (unpaired) electrons. The van der Waals surface area contributed by atoms with Gasteiger partial charge in [0.1, 0.15) is 5.69 Å². The Bertz CT molecular complexity index is 365. The Balaban J connectivity index is 0.00000128. The summed E-state index contributed by atoms with van der Waals surface area (Å²) in [6.45, 7) is 4.56. The van der Waals surface area contributed by atoms with Crippen LogP contribution in [0.4, 0.5) is 0 Å². The van der Waals surface area contributed by atoms with Crippen molar-refractivity contribution in [3.05, 3.63) is 18.0 Å². The van der Waals surface area contributed by atoms with Crippen molar-refractivity contribution in [2.45, 2.75) is 13.0 Å². The minimum absolute atomic E-state index is 0. The number of piperazine rings is 1. The van der Waals surface area contributed by atoms with Crippen molar-refractivity contribution in [1.82, 2.24) is 20.0 Å². The molecule has 16 heavy (non-hydrogen) atoms. The third-order valence-electron chi connectivity index (χ3n) is 2.80. The molecule has 1 fully saturated rings. The first kappa shape index (κ1) is 13.0. The van der Waals surface area contributed by atoms with Crippen molar-refractivity contribution in [2.75, 3.05) is 19.6 Å². The first-order chi connectivity index (χ1) is 7.20. The predicted octanol–water partition coefficient (Wildman–Crippen LogP) is 0.276. The van der Waals surface area contributed by atoms with E-state index in [1.807, 2.05) is 4.90 Å². The molecule has 2 heterocycles. The van der Waals surface area contributed by atoms with Gasteiger partial charge in [0.05, 0.1) is 0 Å². The zero-order valence-electron chi connectivity index (χ0n) is 9.51. The second-order valence-corrected chi connectivity index (χ2v) is 3.89. The number of hydrogen-bond acceptors (Lipinski definition) is 3. The van der Waals surface area contributed by atoms with Gasteiger partial charge in [-0.25, -0.2) is 0 Å². The summed E-state index contributed by atoms with van der Waals surface area (Å²) in [6.07, 6.45) is 1.65. The number of nitrogens with zero attached hydrogens (tertiary/aromatic N) is 3. The van der Waals surface area contributed by atoms with Gasteiger partial charge >= 0.3 is 0 Å². The number of aromatic nitrogens is 2. The van der Waals surface area contributed by atoms with Gasteiger partial charge in [0.15, 0.2) is 0 Å². The van der Waals surface area contributed by atoms with E-state index in [1.54, 1.807) is 24.0 Å². The standard InChI is InChI=1S/C10H16N4O.ClH/c1-8-7-11-5-6-14(8)10(15)9-3-4-12-13(9)2;/h3-4,8,11H,5-7H2,1-2H3;1H. The SMILES string of the molecule is CC1CNCCN1C(=O)c1ccnn1C.Cl. The molecule has 6 heteroatoms. The van der Waals surface area contributed by atoms with Crippen molar-refractivity contribution >= 4 is 18.3 Å². The zero-order chi connectivity index (χ0) is 10.8. The molecule has 0 bridgehead atoms. The fourth-order valence-electron chi connectivity index (χ4n) is 1.87. The molecule has 0 saturated carbocycles. The van der Waals surface area contributed by atoms with Gasteiger partial charge in [-0.05, 0) is 13.0 Å². The molecule has 0 aromatic carbocycles. The molecular formula is C10H17ClN4O. The maximum Gasteiger partial charge on any atom is 0.272 e. The van der Waals surface area contributed by atoms with Gasteiger partial charge in [-0.2, -0.15) is 5.10 Å².